The smallest absolute Gasteiger partial charge is 0.205 e. The largest absolute Gasteiger partial charge is 0.452 e. The quantitative estimate of drug-likeness (QED) is 0.149. The number of hydrogen-bond donors (Lipinski definition) is 0. The lowest BCUT2D eigenvalue weighted by Crippen LogP contribution is -2.51. The lowest BCUT2D eigenvalue weighted by atomic mass is 10.0. The maximum Gasteiger partial charge on any atom is 0.205 e. The zero-order chi connectivity index (χ0) is 35.2. The molecule has 0 N–H and O–H groups in total. The molecule has 2 nitrogen and oxygen atoms in total. The van der Waals surface area contributed by atoms with Crippen LogP contribution >= 0.6 is 0 Å². The Balaban J connectivity index is 1.65. The van der Waals surface area contributed by atoms with Crippen molar-refractivity contribution in [2.24, 2.45) is 0 Å². The topological polar surface area (TPSA) is 18.5 Å². The fraction of sp³-hybridized carbons (Fsp3) is 0.238. The van der Waals surface area contributed by atoms with Crippen LogP contribution < -0.4 is 10.4 Å². The molecule has 242 valence electrons. The Hall–Kier alpha value is -4.09. The summed E-state index contributed by atoms with van der Waals surface area (Å²) in [6.07, 6.45) is 5.52. The average molecular weight is 695 g/mol. The van der Waals surface area contributed by atoms with Crippen LogP contribution in [0.5, 0.6) is 0 Å². The molecule has 0 aliphatic rings. The van der Waals surface area contributed by atoms with Crippen LogP contribution in [-0.2, 0) is 8.23 Å². The summed E-state index contributed by atoms with van der Waals surface area (Å²) >= 11 is 0. The van der Waals surface area contributed by atoms with Crippen LogP contribution in [-0.4, -0.2) is 33.3 Å². The molecule has 6 heteroatoms. The first kappa shape index (κ1) is 36.7. The van der Waals surface area contributed by atoms with Gasteiger partial charge in [0.1, 0.15) is 0 Å². The first-order valence-electron chi connectivity index (χ1n) is 16.3. The van der Waals surface area contributed by atoms with E-state index in [1.54, 1.807) is 0 Å². The zero-order valence-electron chi connectivity index (χ0n) is 30.1. The summed E-state index contributed by atoms with van der Waals surface area (Å²) in [5, 5.41) is 2.56. The molecule has 48 heavy (non-hydrogen) atoms. The SMILES string of the molecule is C#Cc1ccc(C#Cc2cc(C#Cc3ccc([Si](C)(C)O[Si](C)(C)C)cc3)cc(C#Cc3ccc([Si](C)(C)O[Si](C)(C)C)cc3)c2)cc1. The highest BCUT2D eigenvalue weighted by Crippen LogP contribution is 2.17. The first-order valence-corrected chi connectivity index (χ1v) is 28.9. The molecule has 4 aromatic carbocycles. The minimum atomic E-state index is -1.97. The number of hydrogen-bond acceptors (Lipinski definition) is 2. The highest BCUT2D eigenvalue weighted by Gasteiger charge is 2.32. The third-order valence-electron chi connectivity index (χ3n) is 7.32. The maximum absolute atomic E-state index is 6.57. The molecule has 0 aliphatic heterocycles. The Morgan fingerprint density at radius 2 is 0.625 bits per heavy atom. The van der Waals surface area contributed by atoms with E-state index in [0.29, 0.717) is 0 Å². The second-order valence-corrected chi connectivity index (χ2v) is 32.2. The van der Waals surface area contributed by atoms with Crippen LogP contribution in [0.15, 0.2) is 91.0 Å². The molecule has 0 aromatic heterocycles. The van der Waals surface area contributed by atoms with Gasteiger partial charge in [-0.3, -0.25) is 0 Å². The maximum atomic E-state index is 6.57. The van der Waals surface area contributed by atoms with Gasteiger partial charge in [0.25, 0.3) is 0 Å². The molecule has 0 heterocycles. The van der Waals surface area contributed by atoms with Gasteiger partial charge in [-0.2, -0.15) is 0 Å². The molecule has 0 bridgehead atoms. The molecule has 0 fully saturated rings. The molecule has 0 atom stereocenters. The Kier molecular flexibility index (Phi) is 11.5. The van der Waals surface area contributed by atoms with Crippen LogP contribution in [0.2, 0.25) is 65.5 Å². The average Bonchev–Trinajstić information content (AvgIpc) is 3.00. The van der Waals surface area contributed by atoms with Gasteiger partial charge in [-0.25, -0.2) is 0 Å². The van der Waals surface area contributed by atoms with E-state index in [4.69, 9.17) is 14.7 Å². The lowest BCUT2D eigenvalue weighted by Gasteiger charge is -2.31. The van der Waals surface area contributed by atoms with Crippen LogP contribution in [0.3, 0.4) is 0 Å². The Morgan fingerprint density at radius 1 is 0.375 bits per heavy atom. The predicted molar refractivity (Wildman–Crippen MR) is 215 cm³/mol. The van der Waals surface area contributed by atoms with Gasteiger partial charge >= 0.3 is 0 Å². The molecule has 0 spiro atoms. The van der Waals surface area contributed by atoms with Crippen molar-refractivity contribution < 1.29 is 8.23 Å². The van der Waals surface area contributed by atoms with Crippen molar-refractivity contribution in [1.29, 1.82) is 0 Å². The van der Waals surface area contributed by atoms with Crippen LogP contribution in [0.1, 0.15) is 38.9 Å². The van der Waals surface area contributed by atoms with Crippen molar-refractivity contribution in [3.8, 4) is 47.9 Å². The van der Waals surface area contributed by atoms with Gasteiger partial charge in [0, 0.05) is 38.9 Å². The Morgan fingerprint density at radius 3 is 0.896 bits per heavy atom. The molecule has 4 rings (SSSR count). The molecular weight excluding hydrogens is 649 g/mol. The van der Waals surface area contributed by atoms with E-state index < -0.39 is 33.3 Å². The summed E-state index contributed by atoms with van der Waals surface area (Å²) in [4.78, 5) is 0. The van der Waals surface area contributed by atoms with Crippen LogP contribution in [0.25, 0.3) is 0 Å². The van der Waals surface area contributed by atoms with Crippen molar-refractivity contribution >= 4 is 43.6 Å². The molecule has 0 saturated heterocycles. The van der Waals surface area contributed by atoms with Gasteiger partial charge in [-0.15, -0.1) is 6.42 Å². The number of terminal acetylenes is 1. The van der Waals surface area contributed by atoms with Gasteiger partial charge in [-0.1, -0.05) is 65.7 Å². The van der Waals surface area contributed by atoms with Gasteiger partial charge in [0.05, 0.1) is 0 Å². The Bertz CT molecular complexity index is 1880. The van der Waals surface area contributed by atoms with E-state index in [9.17, 15) is 0 Å². The van der Waals surface area contributed by atoms with Gasteiger partial charge in [0.2, 0.25) is 16.6 Å². The molecule has 0 unspecified atom stereocenters. The minimum Gasteiger partial charge on any atom is -0.452 e. The molecule has 0 aliphatic carbocycles. The van der Waals surface area contributed by atoms with E-state index in [1.807, 2.05) is 42.5 Å². The number of rotatable bonds is 6. The summed E-state index contributed by atoms with van der Waals surface area (Å²) in [6, 6.07) is 30.8. The highest BCUT2D eigenvalue weighted by molar-refractivity contribution is 6.92. The second kappa shape index (κ2) is 15.0. The third-order valence-corrected chi connectivity index (χ3v) is 19.7. The summed E-state index contributed by atoms with van der Waals surface area (Å²) in [5.41, 5.74) is 6.22. The van der Waals surface area contributed by atoms with E-state index >= 15 is 0 Å². The third kappa shape index (κ3) is 11.3. The van der Waals surface area contributed by atoms with E-state index in [0.717, 1.165) is 38.9 Å². The minimum absolute atomic E-state index is 0.834. The fourth-order valence-corrected chi connectivity index (χ4v) is 20.6. The fourth-order valence-electron chi connectivity index (χ4n) is 5.49. The van der Waals surface area contributed by atoms with Crippen molar-refractivity contribution in [3.63, 3.8) is 0 Å². The molecule has 4 aromatic rings. The zero-order valence-corrected chi connectivity index (χ0v) is 34.1. The second-order valence-electron chi connectivity index (χ2n) is 14.9. The molecular formula is C42H46O2Si4. The van der Waals surface area contributed by atoms with Crippen LogP contribution in [0.4, 0.5) is 0 Å². The van der Waals surface area contributed by atoms with Gasteiger partial charge in [-0.05, 0) is 143 Å². The predicted octanol–water partition coefficient (Wildman–Crippen LogP) is 8.39. The summed E-state index contributed by atoms with van der Waals surface area (Å²) < 4.78 is 13.1. The highest BCUT2D eigenvalue weighted by atomic mass is 28.4. The normalized spacial score (nSPS) is 11.6. The molecule has 0 radical (unpaired) electrons. The molecule has 0 saturated carbocycles. The van der Waals surface area contributed by atoms with Gasteiger partial charge in [0.15, 0.2) is 16.6 Å². The van der Waals surface area contributed by atoms with Crippen molar-refractivity contribution in [1.82, 2.24) is 0 Å². The van der Waals surface area contributed by atoms with Gasteiger partial charge < -0.3 is 8.23 Å². The summed E-state index contributed by atoms with van der Waals surface area (Å²) in [5.74, 6) is 22.7. The summed E-state index contributed by atoms with van der Waals surface area (Å²) in [6.45, 7) is 22.6. The van der Waals surface area contributed by atoms with Crippen LogP contribution in [0, 0.1) is 47.9 Å². The van der Waals surface area contributed by atoms with E-state index in [1.165, 1.54) is 10.4 Å². The van der Waals surface area contributed by atoms with Crippen molar-refractivity contribution in [2.75, 3.05) is 0 Å². The first-order chi connectivity index (χ1) is 22.4. The van der Waals surface area contributed by atoms with Crippen molar-refractivity contribution in [2.45, 2.75) is 65.5 Å². The monoisotopic (exact) mass is 694 g/mol. The van der Waals surface area contributed by atoms with Crippen molar-refractivity contribution in [3.05, 3.63) is 130 Å². The summed E-state index contributed by atoms with van der Waals surface area (Å²) in [7, 11) is -7.22. The Labute approximate surface area is 293 Å². The number of benzene rings is 4. The van der Waals surface area contributed by atoms with E-state index in [-0.39, 0.29) is 0 Å². The standard InChI is InChI=1S/C42H46O2Si4/c1-12-34-13-15-35(16-14-34)17-20-38-31-39(21-18-36-23-27-41(28-24-36)47(8,9)43-45(2,3)4)33-40(32-38)22-19-37-25-29-42(30-26-37)48(10,11)44-46(5,6)7/h1,13-16,23-33H,2-11H3. The molecule has 0 amide bonds. The van der Waals surface area contributed by atoms with E-state index in [2.05, 4.69) is 155 Å². The lowest BCUT2D eigenvalue weighted by molar-refractivity contribution is 0.565.